The maximum absolute atomic E-state index is 11.7. The molecule has 0 aliphatic rings. The first-order chi connectivity index (χ1) is 16.5. The first kappa shape index (κ1) is 32.6. The van der Waals surface area contributed by atoms with E-state index in [0.717, 1.165) is 12.8 Å². The maximum atomic E-state index is 11.7. The Balaban J connectivity index is 3.37. The highest BCUT2D eigenvalue weighted by atomic mass is 31.1. The Bertz CT molecular complexity index is 527. The summed E-state index contributed by atoms with van der Waals surface area (Å²) in [5.74, 6) is -0.522. The summed E-state index contributed by atoms with van der Waals surface area (Å²) >= 11 is 0. The zero-order chi connectivity index (χ0) is 25.3. The third-order valence-corrected chi connectivity index (χ3v) is 5.25. The summed E-state index contributed by atoms with van der Waals surface area (Å²) in [4.78, 5) is 43.8. The van der Waals surface area contributed by atoms with Gasteiger partial charge in [0.25, 0.3) is 0 Å². The van der Waals surface area contributed by atoms with Gasteiger partial charge < -0.3 is 45.1 Å². The van der Waals surface area contributed by atoms with Crippen molar-refractivity contribution >= 4 is 26.5 Å². The Morgan fingerprint density at radius 3 is 1.76 bits per heavy atom. The molecule has 0 aromatic heterocycles. The van der Waals surface area contributed by atoms with Gasteiger partial charge >= 0.3 is 0 Å². The van der Waals surface area contributed by atoms with Crippen LogP contribution in [0.4, 0.5) is 0 Å². The molecular formula is C21H43N4O8P. The fourth-order valence-electron chi connectivity index (χ4n) is 2.44. The molecule has 0 aliphatic carbocycles. The molecule has 13 heteroatoms. The molecule has 0 radical (unpaired) electrons. The van der Waals surface area contributed by atoms with Gasteiger partial charge in [0.1, 0.15) is 13.2 Å². The smallest absolute Gasteiger partial charge is 0.246 e. The molecule has 0 aliphatic heterocycles. The summed E-state index contributed by atoms with van der Waals surface area (Å²) in [6.07, 6.45) is 2.90. The van der Waals surface area contributed by atoms with Gasteiger partial charge in [0, 0.05) is 40.6 Å². The molecule has 0 bridgehead atoms. The third kappa shape index (κ3) is 22.4. The fraction of sp³-hybridized carbons (Fsp3) is 0.857. The van der Waals surface area contributed by atoms with Gasteiger partial charge in [-0.3, -0.25) is 14.4 Å². The number of hydrogen-bond donors (Lipinski definition) is 5. The van der Waals surface area contributed by atoms with Crippen molar-refractivity contribution in [3.63, 3.8) is 0 Å². The minimum atomic E-state index is -0.251. The number of amides is 3. The minimum Gasteiger partial charge on any atom is -0.377 e. The lowest BCUT2D eigenvalue weighted by molar-refractivity contribution is -0.127. The number of unbranched alkanes of at least 4 members (excludes halogenated alkanes) is 1. The normalized spacial score (nSPS) is 12.1. The Morgan fingerprint density at radius 2 is 1.26 bits per heavy atom. The van der Waals surface area contributed by atoms with Crippen molar-refractivity contribution in [3.8, 4) is 0 Å². The third-order valence-electron chi connectivity index (χ3n) is 4.36. The van der Waals surface area contributed by atoms with Crippen LogP contribution in [-0.4, -0.2) is 108 Å². The molecule has 0 rings (SSSR count). The molecule has 5 N–H and O–H groups in total. The van der Waals surface area contributed by atoms with E-state index >= 15 is 0 Å². The number of nitrogens with one attached hydrogen (secondary N) is 4. The standard InChI is InChI=1S/C21H43N4O8P/c1-3-4-7-23-19(27)16-32-14-13-31-11-9-25-20(28)17-33-15-12-30-10-8-24-18(26)5-6-21(22-2)34-29/h21-22,29,34H,3-17H2,1-2H3,(H,23,27)(H,24,26)(H,25,28)/t21-/m1/s1. The Hall–Kier alpha value is -1.40. The Labute approximate surface area is 204 Å². The molecule has 34 heavy (non-hydrogen) atoms. The number of carbonyl (C=O) groups excluding carboxylic acids is 3. The molecule has 0 saturated carbocycles. The molecule has 0 heterocycles. The second kappa shape index (κ2) is 24.7. The van der Waals surface area contributed by atoms with Gasteiger partial charge in [-0.05, 0) is 19.9 Å². The van der Waals surface area contributed by atoms with Crippen LogP contribution in [0.3, 0.4) is 0 Å². The molecule has 1 unspecified atom stereocenters. The van der Waals surface area contributed by atoms with E-state index in [2.05, 4.69) is 28.2 Å². The topological polar surface area (TPSA) is 156 Å². The van der Waals surface area contributed by atoms with Crippen LogP contribution < -0.4 is 21.3 Å². The highest BCUT2D eigenvalue weighted by Crippen LogP contribution is 2.14. The SMILES string of the molecule is CCCCNC(=O)COCCOCCNC(=O)COCCOCCNC(=O)CC[C@H](NC)PO. The summed E-state index contributed by atoms with van der Waals surface area (Å²) in [5, 5.41) is 11.1. The minimum absolute atomic E-state index is 0.0164. The quantitative estimate of drug-likeness (QED) is 0.0821. The van der Waals surface area contributed by atoms with E-state index in [4.69, 9.17) is 23.8 Å². The van der Waals surface area contributed by atoms with Crippen molar-refractivity contribution in [1.29, 1.82) is 0 Å². The lowest BCUT2D eigenvalue weighted by atomic mass is 10.3. The van der Waals surface area contributed by atoms with Crippen LogP contribution >= 0.6 is 8.81 Å². The lowest BCUT2D eigenvalue weighted by Crippen LogP contribution is -2.32. The van der Waals surface area contributed by atoms with Crippen LogP contribution in [0.1, 0.15) is 32.6 Å². The molecule has 0 aromatic carbocycles. The second-order valence-electron chi connectivity index (χ2n) is 7.24. The fourth-order valence-corrected chi connectivity index (χ4v) is 2.84. The number of rotatable bonds is 24. The van der Waals surface area contributed by atoms with Crippen molar-refractivity contribution in [2.24, 2.45) is 0 Å². The number of hydrogen-bond acceptors (Lipinski definition) is 9. The zero-order valence-electron chi connectivity index (χ0n) is 20.5. The average molecular weight is 511 g/mol. The molecule has 3 amide bonds. The van der Waals surface area contributed by atoms with Gasteiger partial charge in [-0.15, -0.1) is 0 Å². The van der Waals surface area contributed by atoms with Gasteiger partial charge in [0.2, 0.25) is 17.7 Å². The highest BCUT2D eigenvalue weighted by molar-refractivity contribution is 7.31. The van der Waals surface area contributed by atoms with E-state index in [0.29, 0.717) is 65.5 Å². The zero-order valence-corrected chi connectivity index (χ0v) is 21.5. The van der Waals surface area contributed by atoms with Gasteiger partial charge in [-0.1, -0.05) is 13.3 Å². The predicted molar refractivity (Wildman–Crippen MR) is 130 cm³/mol. The summed E-state index contributed by atoms with van der Waals surface area (Å²) < 4.78 is 21.1. The first-order valence-electron chi connectivity index (χ1n) is 11.7. The molecule has 200 valence electrons. The Kier molecular flexibility index (Phi) is 23.7. The molecular weight excluding hydrogens is 467 g/mol. The van der Waals surface area contributed by atoms with Crippen molar-refractivity contribution in [1.82, 2.24) is 21.3 Å². The van der Waals surface area contributed by atoms with Crippen LogP contribution in [0.25, 0.3) is 0 Å². The summed E-state index contributed by atoms with van der Waals surface area (Å²) in [5.41, 5.74) is 0. The molecule has 0 spiro atoms. The lowest BCUT2D eigenvalue weighted by Gasteiger charge is -2.12. The molecule has 0 aromatic rings. The Morgan fingerprint density at radius 1 is 0.765 bits per heavy atom. The van der Waals surface area contributed by atoms with E-state index in [1.807, 2.05) is 0 Å². The van der Waals surface area contributed by atoms with Gasteiger partial charge in [-0.25, -0.2) is 0 Å². The van der Waals surface area contributed by atoms with Crippen LogP contribution in [0.15, 0.2) is 0 Å². The monoisotopic (exact) mass is 510 g/mol. The van der Waals surface area contributed by atoms with Gasteiger partial charge in [0.15, 0.2) is 0 Å². The summed E-state index contributed by atoms with van der Waals surface area (Å²) in [7, 11) is 1.52. The van der Waals surface area contributed by atoms with E-state index in [9.17, 15) is 14.4 Å². The molecule has 0 saturated heterocycles. The van der Waals surface area contributed by atoms with E-state index in [-0.39, 0.29) is 52.1 Å². The first-order valence-corrected chi connectivity index (χ1v) is 12.7. The van der Waals surface area contributed by atoms with Crippen molar-refractivity contribution in [2.45, 2.75) is 38.4 Å². The van der Waals surface area contributed by atoms with Gasteiger partial charge in [0.05, 0.1) is 39.6 Å². The summed E-state index contributed by atoms with van der Waals surface area (Å²) in [6, 6.07) is 0. The highest BCUT2D eigenvalue weighted by Gasteiger charge is 2.08. The largest absolute Gasteiger partial charge is 0.377 e. The molecule has 2 atom stereocenters. The maximum Gasteiger partial charge on any atom is 0.246 e. The predicted octanol–water partition coefficient (Wildman–Crippen LogP) is -0.887. The number of carbonyl (C=O) groups is 3. The van der Waals surface area contributed by atoms with Crippen LogP contribution in [-0.2, 0) is 33.3 Å². The van der Waals surface area contributed by atoms with E-state index in [1.54, 1.807) is 7.05 Å². The van der Waals surface area contributed by atoms with Crippen LogP contribution in [0, 0.1) is 0 Å². The van der Waals surface area contributed by atoms with Crippen molar-refractivity contribution in [2.75, 3.05) is 79.5 Å². The number of ether oxygens (including phenoxy) is 4. The summed E-state index contributed by atoms with van der Waals surface area (Å²) in [6.45, 7) is 5.32. The van der Waals surface area contributed by atoms with Gasteiger partial charge in [-0.2, -0.15) is 0 Å². The van der Waals surface area contributed by atoms with Crippen molar-refractivity contribution in [3.05, 3.63) is 0 Å². The molecule has 12 nitrogen and oxygen atoms in total. The van der Waals surface area contributed by atoms with Crippen LogP contribution in [0.2, 0.25) is 0 Å². The van der Waals surface area contributed by atoms with Crippen molar-refractivity contribution < 1.29 is 38.2 Å². The van der Waals surface area contributed by atoms with Crippen LogP contribution in [0.5, 0.6) is 0 Å². The second-order valence-corrected chi connectivity index (χ2v) is 8.20. The van der Waals surface area contributed by atoms with E-state index < -0.39 is 0 Å². The average Bonchev–Trinajstić information content (AvgIpc) is 2.83. The molecule has 0 fully saturated rings. The van der Waals surface area contributed by atoms with E-state index in [1.165, 1.54) is 0 Å².